The highest BCUT2D eigenvalue weighted by molar-refractivity contribution is 8.33. The lowest BCUT2D eigenvalue weighted by Gasteiger charge is -2.49. The highest BCUT2D eigenvalue weighted by atomic mass is 32.3. The summed E-state index contributed by atoms with van der Waals surface area (Å²) in [4.78, 5) is 12.4. The van der Waals surface area contributed by atoms with E-state index in [1.807, 2.05) is 0 Å². The van der Waals surface area contributed by atoms with Gasteiger partial charge >= 0.3 is 15.6 Å². The molecule has 0 saturated heterocycles. The Balaban J connectivity index is 1.96. The molecule has 3 aliphatic carbocycles. The largest absolute Gasteiger partial charge is 0.523 e. The number of hydrogen-bond donors (Lipinski definition) is 0. The molecular formula is C15H23F3O4S2. The Bertz CT molecular complexity index is 619. The van der Waals surface area contributed by atoms with Gasteiger partial charge in [0.2, 0.25) is 0 Å². The molecule has 0 heterocycles. The summed E-state index contributed by atoms with van der Waals surface area (Å²) in [5.74, 6) is 0.495. The Morgan fingerprint density at radius 1 is 1.08 bits per heavy atom. The summed E-state index contributed by atoms with van der Waals surface area (Å²) in [5, 5.41) is -0.909. The minimum atomic E-state index is -5.70. The maximum atomic E-state index is 12.9. The molecule has 0 spiro atoms. The highest BCUT2D eigenvalue weighted by Crippen LogP contribution is 2.68. The fourth-order valence-corrected chi connectivity index (χ4v) is 10.7. The second kappa shape index (κ2) is 6.16. The average molecular weight is 388 g/mol. The number of hydrogen-bond acceptors (Lipinski definition) is 4. The van der Waals surface area contributed by atoms with Crippen molar-refractivity contribution in [2.45, 2.75) is 67.4 Å². The molecule has 4 nitrogen and oxygen atoms in total. The number of halogens is 3. The molecule has 5 atom stereocenters. The predicted molar refractivity (Wildman–Crippen MR) is 86.1 cm³/mol. The number of carbonyl (C=O) groups excluding carboxylic acids is 1. The lowest BCUT2D eigenvalue weighted by atomic mass is 9.99. The van der Waals surface area contributed by atoms with Crippen LogP contribution in [0.25, 0.3) is 0 Å². The zero-order chi connectivity index (χ0) is 17.8. The molecule has 0 amide bonds. The van der Waals surface area contributed by atoms with Gasteiger partial charge in [0.05, 0.1) is 5.25 Å². The maximum Gasteiger partial charge on any atom is 0.523 e. The van der Waals surface area contributed by atoms with Crippen LogP contribution in [0.3, 0.4) is 0 Å². The van der Waals surface area contributed by atoms with Crippen LogP contribution in [-0.2, 0) is 18.5 Å². The smallest absolute Gasteiger partial charge is 0.298 e. The fraction of sp³-hybridized carbons (Fsp3) is 0.933. The molecule has 2 bridgehead atoms. The summed E-state index contributed by atoms with van der Waals surface area (Å²) in [7, 11) is -8.40. The van der Waals surface area contributed by atoms with E-state index in [-0.39, 0.29) is 17.0 Å². The second-order valence-corrected chi connectivity index (χ2v) is 12.4. The Morgan fingerprint density at radius 2 is 1.79 bits per heavy atom. The number of rotatable bonds is 4. The van der Waals surface area contributed by atoms with E-state index in [0.29, 0.717) is 31.6 Å². The Morgan fingerprint density at radius 3 is 2.29 bits per heavy atom. The lowest BCUT2D eigenvalue weighted by molar-refractivity contribution is -0.119. The van der Waals surface area contributed by atoms with E-state index in [9.17, 15) is 26.4 Å². The molecule has 0 aromatic carbocycles. The third-order valence-corrected chi connectivity index (χ3v) is 11.7. The number of ketones is 1. The molecule has 140 valence electrons. The van der Waals surface area contributed by atoms with Gasteiger partial charge in [0, 0.05) is 11.7 Å². The van der Waals surface area contributed by atoms with Crippen LogP contribution in [0.4, 0.5) is 13.2 Å². The van der Waals surface area contributed by atoms with E-state index in [1.54, 1.807) is 0 Å². The minimum Gasteiger partial charge on any atom is -0.298 e. The topological polar surface area (TPSA) is 60.4 Å². The summed E-state index contributed by atoms with van der Waals surface area (Å²) in [6.07, 6.45) is 7.25. The summed E-state index contributed by atoms with van der Waals surface area (Å²) < 4.78 is 67.2. The number of Topliss-reactive ketones (excluding diaryl/α,β-unsaturated/α-hetero) is 1. The van der Waals surface area contributed by atoms with E-state index in [1.165, 1.54) is 6.26 Å². The third kappa shape index (κ3) is 3.11. The molecule has 0 aromatic heterocycles. The number of alkyl halides is 3. The van der Waals surface area contributed by atoms with Gasteiger partial charge in [-0.1, -0.05) is 12.8 Å². The van der Waals surface area contributed by atoms with E-state index >= 15 is 0 Å². The van der Waals surface area contributed by atoms with Crippen molar-refractivity contribution >= 4 is 26.2 Å². The Kier molecular flexibility index (Phi) is 4.75. The molecule has 0 N–H and O–H groups in total. The van der Waals surface area contributed by atoms with Crippen LogP contribution in [0, 0.1) is 11.8 Å². The van der Waals surface area contributed by atoms with Gasteiger partial charge in [0.15, 0.2) is 0 Å². The Labute approximate surface area is 142 Å². The van der Waals surface area contributed by atoms with Gasteiger partial charge in [-0.2, -0.15) is 21.6 Å². The molecular weight excluding hydrogens is 365 g/mol. The summed E-state index contributed by atoms with van der Waals surface area (Å²) in [5.41, 5.74) is -5.45. The highest BCUT2D eigenvalue weighted by Gasteiger charge is 2.57. The van der Waals surface area contributed by atoms with Crippen molar-refractivity contribution in [3.63, 3.8) is 0 Å². The average Bonchev–Trinajstić information content (AvgIpc) is 3.08. The zero-order valence-electron chi connectivity index (χ0n) is 13.5. The molecule has 5 unspecified atom stereocenters. The SMILES string of the molecule is CS(OS(=O)(=O)C(F)(F)F)(C1CCCCC1=O)C1CC2CCC1C2. The molecule has 0 aromatic rings. The Hall–Kier alpha value is -0.280. The van der Waals surface area contributed by atoms with Crippen LogP contribution < -0.4 is 0 Å². The van der Waals surface area contributed by atoms with Gasteiger partial charge in [0.1, 0.15) is 5.78 Å². The van der Waals surface area contributed by atoms with Crippen molar-refractivity contribution in [1.82, 2.24) is 0 Å². The van der Waals surface area contributed by atoms with E-state index in [0.717, 1.165) is 25.7 Å². The number of carbonyl (C=O) groups is 1. The lowest BCUT2D eigenvalue weighted by Crippen LogP contribution is -2.42. The van der Waals surface area contributed by atoms with Gasteiger partial charge in [-0.05, 0) is 50.2 Å². The minimum absolute atomic E-state index is 0.126. The van der Waals surface area contributed by atoms with Gasteiger partial charge in [-0.25, -0.2) is 3.63 Å². The first kappa shape index (κ1) is 18.5. The quantitative estimate of drug-likeness (QED) is 0.685. The first-order chi connectivity index (χ1) is 11.0. The van der Waals surface area contributed by atoms with E-state index in [2.05, 4.69) is 0 Å². The summed E-state index contributed by atoms with van der Waals surface area (Å²) in [6, 6.07) is 0. The van der Waals surface area contributed by atoms with Crippen molar-refractivity contribution in [3.05, 3.63) is 0 Å². The van der Waals surface area contributed by atoms with Crippen LogP contribution in [-0.4, -0.2) is 36.5 Å². The monoisotopic (exact) mass is 388 g/mol. The maximum absolute atomic E-state index is 12.9. The third-order valence-electron chi connectivity index (χ3n) is 5.86. The fourth-order valence-electron chi connectivity index (χ4n) is 4.75. The summed E-state index contributed by atoms with van der Waals surface area (Å²) >= 11 is 0. The molecule has 3 rings (SSSR count). The first-order valence-electron chi connectivity index (χ1n) is 8.35. The van der Waals surface area contributed by atoms with Crippen molar-refractivity contribution in [3.8, 4) is 0 Å². The molecule has 0 aliphatic heterocycles. The standard InChI is InChI=1S/C15H23F3O4S2/c1-23(13-5-3-2-4-12(13)19,22-24(20,21)15(16,17)18)14-9-10-6-7-11(14)8-10/h10-11,13-14H,2-9H2,1H3. The van der Waals surface area contributed by atoms with Crippen LogP contribution in [0.2, 0.25) is 0 Å². The van der Waals surface area contributed by atoms with Crippen LogP contribution in [0.1, 0.15) is 51.4 Å². The van der Waals surface area contributed by atoms with Gasteiger partial charge in [0.25, 0.3) is 0 Å². The predicted octanol–water partition coefficient (Wildman–Crippen LogP) is 3.90. The van der Waals surface area contributed by atoms with Crippen molar-refractivity contribution in [2.24, 2.45) is 11.8 Å². The van der Waals surface area contributed by atoms with E-state index in [4.69, 9.17) is 3.63 Å². The van der Waals surface area contributed by atoms with Crippen molar-refractivity contribution in [2.75, 3.05) is 6.26 Å². The normalized spacial score (nSPS) is 38.1. The first-order valence-corrected chi connectivity index (χ1v) is 11.9. The zero-order valence-corrected chi connectivity index (χ0v) is 15.2. The molecule has 9 heteroatoms. The second-order valence-electron chi connectivity index (χ2n) is 7.35. The van der Waals surface area contributed by atoms with Crippen LogP contribution >= 0.6 is 10.3 Å². The molecule has 0 radical (unpaired) electrons. The molecule has 3 aliphatic rings. The van der Waals surface area contributed by atoms with Gasteiger partial charge in [-0.3, -0.25) is 4.79 Å². The van der Waals surface area contributed by atoms with Gasteiger partial charge < -0.3 is 0 Å². The number of fused-ring (bicyclic) bond motifs is 2. The van der Waals surface area contributed by atoms with E-state index < -0.39 is 31.2 Å². The molecule has 3 saturated carbocycles. The molecule has 3 fully saturated rings. The van der Waals surface area contributed by atoms with Gasteiger partial charge in [-0.15, -0.1) is 10.3 Å². The van der Waals surface area contributed by atoms with Crippen LogP contribution in [0.15, 0.2) is 0 Å². The summed E-state index contributed by atoms with van der Waals surface area (Å²) in [6.45, 7) is 0. The van der Waals surface area contributed by atoms with Crippen molar-refractivity contribution in [1.29, 1.82) is 0 Å². The molecule has 24 heavy (non-hydrogen) atoms. The van der Waals surface area contributed by atoms with Crippen molar-refractivity contribution < 1.29 is 30.0 Å². The van der Waals surface area contributed by atoms with Crippen LogP contribution in [0.5, 0.6) is 0 Å².